The molecule has 0 aliphatic rings. The molecule has 0 saturated carbocycles. The number of anilines is 2. The number of rotatable bonds is 3. The van der Waals surface area contributed by atoms with Gasteiger partial charge in [-0.3, -0.25) is 0 Å². The van der Waals surface area contributed by atoms with Crippen molar-refractivity contribution in [3.8, 4) is 0 Å². The van der Waals surface area contributed by atoms with Crippen molar-refractivity contribution in [2.75, 3.05) is 17.8 Å². The molecule has 1 rings (SSSR count). The zero-order valence-electron chi connectivity index (χ0n) is 7.49. The molecule has 0 fully saturated rings. The third-order valence-corrected chi connectivity index (χ3v) is 1.96. The first-order valence-corrected chi connectivity index (χ1v) is 5.26. The molecule has 0 aliphatic carbocycles. The van der Waals surface area contributed by atoms with Gasteiger partial charge in [-0.15, -0.1) is 0 Å². The molecule has 0 atom stereocenters. The van der Waals surface area contributed by atoms with Crippen molar-refractivity contribution < 1.29 is 19.0 Å². The van der Waals surface area contributed by atoms with E-state index in [2.05, 4.69) is 4.62 Å². The first kappa shape index (κ1) is 11.0. The summed E-state index contributed by atoms with van der Waals surface area (Å²) in [4.78, 5) is 17.1. The minimum atomic E-state index is -4.54. The van der Waals surface area contributed by atoms with E-state index >= 15 is 0 Å². The van der Waals surface area contributed by atoms with Gasteiger partial charge in [0.1, 0.15) is 0 Å². The van der Waals surface area contributed by atoms with Gasteiger partial charge < -0.3 is 15.5 Å². The largest absolute Gasteiger partial charge is 0.491 e. The van der Waals surface area contributed by atoms with Crippen LogP contribution in [0.25, 0.3) is 0 Å². The van der Waals surface area contributed by atoms with E-state index in [9.17, 15) is 4.57 Å². The predicted molar refractivity (Wildman–Crippen MR) is 52.4 cm³/mol. The lowest BCUT2D eigenvalue weighted by atomic mass is 10.3. The molecular weight excluding hydrogens is 207 g/mol. The molecule has 0 heterocycles. The van der Waals surface area contributed by atoms with Crippen LogP contribution < -0.4 is 10.8 Å². The molecule has 1 aromatic carbocycles. The fraction of sp³-hybridized carbons (Fsp3) is 0.143. The number of phosphoric acid groups is 1. The third kappa shape index (κ3) is 3.01. The molecule has 0 unspecified atom stereocenters. The van der Waals surface area contributed by atoms with Crippen molar-refractivity contribution in [2.45, 2.75) is 0 Å². The third-order valence-electron chi connectivity index (χ3n) is 1.50. The van der Waals surface area contributed by atoms with Gasteiger partial charge in [0.25, 0.3) is 0 Å². The summed E-state index contributed by atoms with van der Waals surface area (Å²) in [5.74, 6) is 0. The van der Waals surface area contributed by atoms with Crippen LogP contribution in [0, 0.1) is 0 Å². The van der Waals surface area contributed by atoms with Gasteiger partial charge in [0.05, 0.1) is 11.4 Å². The summed E-state index contributed by atoms with van der Waals surface area (Å²) in [5.41, 5.74) is 6.34. The van der Waals surface area contributed by atoms with E-state index in [1.807, 2.05) is 0 Å². The second-order valence-electron chi connectivity index (χ2n) is 2.63. The van der Waals surface area contributed by atoms with E-state index in [4.69, 9.17) is 15.5 Å². The van der Waals surface area contributed by atoms with Gasteiger partial charge in [0.15, 0.2) is 0 Å². The standard InChI is InChI=1S/C7H11N2O4P/c1-9(13-14(10,11)12)7-5-3-2-4-6(7)8/h2-5H,8H2,1H3,(H2,10,11,12). The van der Waals surface area contributed by atoms with Gasteiger partial charge in [-0.1, -0.05) is 12.1 Å². The molecule has 0 spiro atoms. The summed E-state index contributed by atoms with van der Waals surface area (Å²) < 4.78 is 14.8. The normalized spacial score (nSPS) is 11.4. The van der Waals surface area contributed by atoms with Crippen molar-refractivity contribution in [2.24, 2.45) is 0 Å². The number of hydrogen-bond donors (Lipinski definition) is 3. The molecule has 0 amide bonds. The highest BCUT2D eigenvalue weighted by molar-refractivity contribution is 7.46. The fourth-order valence-electron chi connectivity index (χ4n) is 0.978. The van der Waals surface area contributed by atoms with Crippen LogP contribution in [0.3, 0.4) is 0 Å². The molecule has 1 aromatic rings. The van der Waals surface area contributed by atoms with Crippen molar-refractivity contribution in [1.82, 2.24) is 0 Å². The predicted octanol–water partition coefficient (Wildman–Crippen LogP) is 0.729. The van der Waals surface area contributed by atoms with E-state index in [0.717, 1.165) is 5.06 Å². The van der Waals surface area contributed by atoms with Gasteiger partial charge >= 0.3 is 7.82 Å². The number of nitrogens with zero attached hydrogens (tertiary/aromatic N) is 1. The maximum absolute atomic E-state index is 10.5. The molecule has 4 N–H and O–H groups in total. The highest BCUT2D eigenvalue weighted by Crippen LogP contribution is 2.39. The molecule has 14 heavy (non-hydrogen) atoms. The van der Waals surface area contributed by atoms with Gasteiger partial charge in [-0.2, -0.15) is 4.62 Å². The van der Waals surface area contributed by atoms with Crippen LogP contribution in [0.5, 0.6) is 0 Å². The summed E-state index contributed by atoms with van der Waals surface area (Å²) in [6.45, 7) is 0. The molecule has 0 aliphatic heterocycles. The van der Waals surface area contributed by atoms with E-state index in [0.29, 0.717) is 11.4 Å². The number of hydrogen-bond acceptors (Lipinski definition) is 4. The van der Waals surface area contributed by atoms with E-state index in [1.165, 1.54) is 7.05 Å². The molecule has 0 aromatic heterocycles. The number of para-hydroxylation sites is 2. The summed E-state index contributed by atoms with van der Waals surface area (Å²) in [6, 6.07) is 6.59. The Morgan fingerprint density at radius 3 is 2.50 bits per heavy atom. The van der Waals surface area contributed by atoms with Crippen LogP contribution in [0.1, 0.15) is 0 Å². The number of hydroxylamine groups is 1. The number of nitrogen functional groups attached to an aromatic ring is 1. The second-order valence-corrected chi connectivity index (χ2v) is 3.77. The van der Waals surface area contributed by atoms with Crippen LogP contribution in [-0.2, 0) is 9.19 Å². The monoisotopic (exact) mass is 218 g/mol. The van der Waals surface area contributed by atoms with E-state index in [1.54, 1.807) is 24.3 Å². The van der Waals surface area contributed by atoms with E-state index < -0.39 is 7.82 Å². The zero-order chi connectivity index (χ0) is 10.8. The lowest BCUT2D eigenvalue weighted by molar-refractivity contribution is 0.189. The van der Waals surface area contributed by atoms with Crippen LogP contribution in [0.2, 0.25) is 0 Å². The minimum Gasteiger partial charge on any atom is -0.397 e. The Morgan fingerprint density at radius 2 is 2.00 bits per heavy atom. The van der Waals surface area contributed by atoms with Gasteiger partial charge in [-0.05, 0) is 12.1 Å². The van der Waals surface area contributed by atoms with Gasteiger partial charge in [0.2, 0.25) is 0 Å². The Bertz CT molecular complexity index is 364. The Morgan fingerprint density at radius 1 is 1.43 bits per heavy atom. The van der Waals surface area contributed by atoms with Crippen LogP contribution in [0.15, 0.2) is 24.3 Å². The zero-order valence-corrected chi connectivity index (χ0v) is 8.39. The average Bonchev–Trinajstić information content (AvgIpc) is 2.01. The average molecular weight is 218 g/mol. The number of benzene rings is 1. The smallest absolute Gasteiger partial charge is 0.397 e. The van der Waals surface area contributed by atoms with Crippen LogP contribution >= 0.6 is 7.82 Å². The van der Waals surface area contributed by atoms with Crippen LogP contribution in [-0.4, -0.2) is 16.8 Å². The summed E-state index contributed by atoms with van der Waals surface area (Å²) in [7, 11) is -3.17. The first-order valence-electron chi connectivity index (χ1n) is 3.73. The number of nitrogens with two attached hydrogens (primary N) is 1. The molecule has 7 heteroatoms. The van der Waals surface area contributed by atoms with Crippen molar-refractivity contribution >= 4 is 19.2 Å². The lowest BCUT2D eigenvalue weighted by Gasteiger charge is -2.19. The Balaban J connectivity index is 2.85. The van der Waals surface area contributed by atoms with Crippen molar-refractivity contribution in [3.05, 3.63) is 24.3 Å². The maximum atomic E-state index is 10.5. The molecular formula is C7H11N2O4P. The van der Waals surface area contributed by atoms with Gasteiger partial charge in [-0.25, -0.2) is 9.63 Å². The van der Waals surface area contributed by atoms with E-state index in [-0.39, 0.29) is 0 Å². The maximum Gasteiger partial charge on any atom is 0.491 e. The van der Waals surface area contributed by atoms with Crippen molar-refractivity contribution in [3.63, 3.8) is 0 Å². The Labute approximate surface area is 81.1 Å². The first-order chi connectivity index (χ1) is 6.40. The summed E-state index contributed by atoms with van der Waals surface area (Å²) in [6.07, 6.45) is 0. The fourth-order valence-corrected chi connectivity index (χ4v) is 1.38. The molecule has 0 bridgehead atoms. The molecule has 78 valence electrons. The highest BCUT2D eigenvalue weighted by atomic mass is 31.2. The SMILES string of the molecule is CN(OP(=O)(O)O)c1ccccc1N. The topological polar surface area (TPSA) is 96.0 Å². The summed E-state index contributed by atoms with van der Waals surface area (Å²) in [5, 5.41) is 0.941. The lowest BCUT2D eigenvalue weighted by Crippen LogP contribution is -2.17. The molecule has 0 radical (unpaired) electrons. The Hall–Kier alpha value is -1.07. The minimum absolute atomic E-state index is 0.378. The second kappa shape index (κ2) is 3.98. The highest BCUT2D eigenvalue weighted by Gasteiger charge is 2.19. The van der Waals surface area contributed by atoms with Gasteiger partial charge in [0, 0.05) is 7.05 Å². The molecule has 6 nitrogen and oxygen atoms in total. The summed E-state index contributed by atoms with van der Waals surface area (Å²) >= 11 is 0. The molecule has 0 saturated heterocycles. The van der Waals surface area contributed by atoms with Crippen LogP contribution in [0.4, 0.5) is 11.4 Å². The quantitative estimate of drug-likeness (QED) is 0.393. The Kier molecular flexibility index (Phi) is 3.13. The van der Waals surface area contributed by atoms with Crippen molar-refractivity contribution in [1.29, 1.82) is 0 Å².